The molecule has 2 N–H and O–H groups in total. The van der Waals surface area contributed by atoms with Crippen molar-refractivity contribution in [1.29, 1.82) is 0 Å². The molecule has 0 fully saturated rings. The summed E-state index contributed by atoms with van der Waals surface area (Å²) in [6, 6.07) is 1.96. The van der Waals surface area contributed by atoms with Gasteiger partial charge in [0, 0.05) is 14.7 Å². The molecule has 0 spiro atoms. The van der Waals surface area contributed by atoms with Gasteiger partial charge in [-0.25, -0.2) is 0 Å². The molecule has 1 aromatic rings. The summed E-state index contributed by atoms with van der Waals surface area (Å²) in [5.74, 6) is 0.922. The molecule has 0 amide bonds. The van der Waals surface area contributed by atoms with Gasteiger partial charge in [0.05, 0.1) is 12.6 Å². The second-order valence-corrected chi connectivity index (χ2v) is 5.10. The van der Waals surface area contributed by atoms with Gasteiger partial charge in [-0.1, -0.05) is 0 Å². The van der Waals surface area contributed by atoms with Crippen LogP contribution in [0.1, 0.15) is 23.8 Å². The topological polar surface area (TPSA) is 35.2 Å². The Labute approximate surface area is 95.9 Å². The summed E-state index contributed by atoms with van der Waals surface area (Å²) in [6.45, 7) is 0.798. The van der Waals surface area contributed by atoms with Gasteiger partial charge in [-0.3, -0.25) is 0 Å². The van der Waals surface area contributed by atoms with Crippen LogP contribution in [-0.4, -0.2) is 6.61 Å². The van der Waals surface area contributed by atoms with Crippen molar-refractivity contribution in [3.05, 3.63) is 32.6 Å². The zero-order valence-electron chi connectivity index (χ0n) is 7.70. The summed E-state index contributed by atoms with van der Waals surface area (Å²) in [6.07, 6.45) is 4.28. The van der Waals surface area contributed by atoms with Crippen LogP contribution in [0.25, 0.3) is 0 Å². The molecule has 0 bridgehead atoms. The van der Waals surface area contributed by atoms with Gasteiger partial charge in [0.15, 0.2) is 0 Å². The predicted octanol–water partition coefficient (Wildman–Crippen LogP) is 3.20. The number of allylic oxidation sites excluding steroid dienone is 1. The van der Waals surface area contributed by atoms with E-state index >= 15 is 0 Å². The third-order valence-electron chi connectivity index (χ3n) is 2.16. The largest absolute Gasteiger partial charge is 0.496 e. The van der Waals surface area contributed by atoms with Crippen molar-refractivity contribution >= 4 is 27.3 Å². The highest BCUT2D eigenvalue weighted by atomic mass is 79.9. The normalized spacial score (nSPS) is 18.6. The molecule has 1 aliphatic heterocycles. The highest BCUT2D eigenvalue weighted by molar-refractivity contribution is 9.10. The molecular formula is C10H12BrNOS. The quantitative estimate of drug-likeness (QED) is 0.898. The van der Waals surface area contributed by atoms with E-state index in [9.17, 15) is 0 Å². The Kier molecular flexibility index (Phi) is 3.26. The summed E-state index contributed by atoms with van der Waals surface area (Å²) < 4.78 is 6.62. The average molecular weight is 274 g/mol. The average Bonchev–Trinajstić information content (AvgIpc) is 2.65. The van der Waals surface area contributed by atoms with E-state index in [0.717, 1.165) is 34.6 Å². The van der Waals surface area contributed by atoms with Crippen molar-refractivity contribution in [2.24, 2.45) is 5.73 Å². The van der Waals surface area contributed by atoms with Crippen LogP contribution in [0, 0.1) is 0 Å². The SMILES string of the molecule is NC(C1=CCCCO1)c1cc(Br)cs1. The fourth-order valence-corrected chi connectivity index (χ4v) is 2.88. The van der Waals surface area contributed by atoms with Gasteiger partial charge < -0.3 is 10.5 Å². The van der Waals surface area contributed by atoms with Crippen LogP contribution in [0.15, 0.2) is 27.8 Å². The molecule has 76 valence electrons. The smallest absolute Gasteiger partial charge is 0.114 e. The van der Waals surface area contributed by atoms with Crippen molar-refractivity contribution in [2.45, 2.75) is 18.9 Å². The number of halogens is 1. The van der Waals surface area contributed by atoms with Crippen molar-refractivity contribution < 1.29 is 4.74 Å². The Morgan fingerprint density at radius 3 is 3.00 bits per heavy atom. The molecule has 1 aromatic heterocycles. The number of nitrogens with two attached hydrogens (primary N) is 1. The number of ether oxygens (including phenoxy) is 1. The van der Waals surface area contributed by atoms with Crippen LogP contribution in [0.5, 0.6) is 0 Å². The standard InChI is InChI=1S/C10H12BrNOS/c11-7-5-9(14-6-7)10(12)8-3-1-2-4-13-8/h3,5-6,10H,1-2,4,12H2. The van der Waals surface area contributed by atoms with Crippen molar-refractivity contribution in [1.82, 2.24) is 0 Å². The highest BCUT2D eigenvalue weighted by Crippen LogP contribution is 2.30. The molecule has 0 aromatic carbocycles. The Bertz CT molecular complexity index is 348. The van der Waals surface area contributed by atoms with E-state index in [0.29, 0.717) is 0 Å². The minimum Gasteiger partial charge on any atom is -0.496 e. The zero-order chi connectivity index (χ0) is 9.97. The molecular weight excluding hydrogens is 262 g/mol. The van der Waals surface area contributed by atoms with Crippen LogP contribution in [0.3, 0.4) is 0 Å². The summed E-state index contributed by atoms with van der Waals surface area (Å²) in [5, 5.41) is 2.04. The van der Waals surface area contributed by atoms with Crippen LogP contribution < -0.4 is 5.73 Å². The second-order valence-electron chi connectivity index (χ2n) is 3.24. The highest BCUT2D eigenvalue weighted by Gasteiger charge is 2.16. The number of thiophene rings is 1. The van der Waals surface area contributed by atoms with Gasteiger partial charge in [0.1, 0.15) is 5.76 Å². The summed E-state index contributed by atoms with van der Waals surface area (Å²) in [5.41, 5.74) is 6.08. The molecule has 1 aliphatic rings. The molecule has 1 unspecified atom stereocenters. The monoisotopic (exact) mass is 273 g/mol. The summed E-state index contributed by atoms with van der Waals surface area (Å²) in [4.78, 5) is 1.14. The summed E-state index contributed by atoms with van der Waals surface area (Å²) in [7, 11) is 0. The molecule has 0 saturated carbocycles. The Morgan fingerprint density at radius 2 is 2.43 bits per heavy atom. The Morgan fingerprint density at radius 1 is 1.57 bits per heavy atom. The maximum absolute atomic E-state index is 6.08. The Hall–Kier alpha value is -0.320. The molecule has 0 saturated heterocycles. The predicted molar refractivity (Wildman–Crippen MR) is 62.2 cm³/mol. The van der Waals surface area contributed by atoms with Crippen molar-refractivity contribution in [3.8, 4) is 0 Å². The molecule has 4 heteroatoms. The molecule has 2 rings (SSSR count). The van der Waals surface area contributed by atoms with E-state index in [2.05, 4.69) is 22.0 Å². The molecule has 2 heterocycles. The van der Waals surface area contributed by atoms with Gasteiger partial charge in [0.2, 0.25) is 0 Å². The van der Waals surface area contributed by atoms with E-state index in [4.69, 9.17) is 10.5 Å². The lowest BCUT2D eigenvalue weighted by Gasteiger charge is -2.19. The van der Waals surface area contributed by atoms with Gasteiger partial charge in [0.25, 0.3) is 0 Å². The van der Waals surface area contributed by atoms with Gasteiger partial charge >= 0.3 is 0 Å². The number of hydrogen-bond donors (Lipinski definition) is 1. The molecule has 0 radical (unpaired) electrons. The minimum absolute atomic E-state index is 0.0911. The first-order valence-electron chi connectivity index (χ1n) is 4.60. The second kappa shape index (κ2) is 4.47. The van der Waals surface area contributed by atoms with Crippen LogP contribution >= 0.6 is 27.3 Å². The molecule has 2 nitrogen and oxygen atoms in total. The first kappa shape index (κ1) is 10.2. The van der Waals surface area contributed by atoms with Crippen LogP contribution in [-0.2, 0) is 4.74 Å². The van der Waals surface area contributed by atoms with E-state index in [1.165, 1.54) is 0 Å². The lowest BCUT2D eigenvalue weighted by molar-refractivity contribution is 0.176. The maximum atomic E-state index is 6.08. The van der Waals surface area contributed by atoms with Gasteiger partial charge in [-0.2, -0.15) is 0 Å². The molecule has 0 aliphatic carbocycles. The molecule has 1 atom stereocenters. The van der Waals surface area contributed by atoms with Crippen molar-refractivity contribution in [2.75, 3.05) is 6.61 Å². The fourth-order valence-electron chi connectivity index (χ4n) is 1.42. The van der Waals surface area contributed by atoms with Gasteiger partial charge in [-0.15, -0.1) is 11.3 Å². The van der Waals surface area contributed by atoms with E-state index in [-0.39, 0.29) is 6.04 Å². The van der Waals surface area contributed by atoms with E-state index in [1.807, 2.05) is 11.4 Å². The first-order valence-corrected chi connectivity index (χ1v) is 6.27. The van der Waals surface area contributed by atoms with Crippen molar-refractivity contribution in [3.63, 3.8) is 0 Å². The lowest BCUT2D eigenvalue weighted by Crippen LogP contribution is -2.16. The maximum Gasteiger partial charge on any atom is 0.114 e. The number of hydrogen-bond acceptors (Lipinski definition) is 3. The zero-order valence-corrected chi connectivity index (χ0v) is 10.1. The number of rotatable bonds is 2. The van der Waals surface area contributed by atoms with E-state index < -0.39 is 0 Å². The first-order chi connectivity index (χ1) is 6.77. The Balaban J connectivity index is 2.14. The molecule has 14 heavy (non-hydrogen) atoms. The third kappa shape index (κ3) is 2.19. The third-order valence-corrected chi connectivity index (χ3v) is 3.94. The van der Waals surface area contributed by atoms with Crippen LogP contribution in [0.2, 0.25) is 0 Å². The minimum atomic E-state index is -0.0911. The summed E-state index contributed by atoms with van der Waals surface area (Å²) >= 11 is 5.08. The van der Waals surface area contributed by atoms with Gasteiger partial charge in [-0.05, 0) is 40.9 Å². The van der Waals surface area contributed by atoms with Crippen LogP contribution in [0.4, 0.5) is 0 Å². The lowest BCUT2D eigenvalue weighted by atomic mass is 10.1. The van der Waals surface area contributed by atoms with E-state index in [1.54, 1.807) is 11.3 Å². The fraction of sp³-hybridized carbons (Fsp3) is 0.400.